The van der Waals surface area contributed by atoms with Crippen LogP contribution in [0.3, 0.4) is 0 Å². The fraction of sp³-hybridized carbons (Fsp3) is 0.133. The summed E-state index contributed by atoms with van der Waals surface area (Å²) in [5, 5.41) is 12.7. The Morgan fingerprint density at radius 1 is 1.30 bits per heavy atom. The number of nitrogen functional groups attached to an aromatic ring is 1. The van der Waals surface area contributed by atoms with Gasteiger partial charge >= 0.3 is 5.97 Å². The Bertz CT molecular complexity index is 952. The molecular formula is C15H11Cl3N4O5. The summed E-state index contributed by atoms with van der Waals surface area (Å²) in [5.41, 5.74) is 5.19. The molecule has 0 aliphatic carbocycles. The summed E-state index contributed by atoms with van der Waals surface area (Å²) >= 11 is 17.4. The number of benzene rings is 1. The molecule has 0 unspecified atom stereocenters. The molecule has 12 heteroatoms. The van der Waals surface area contributed by atoms with Crippen molar-refractivity contribution in [3.05, 3.63) is 54.8 Å². The maximum atomic E-state index is 12.1. The molecule has 0 saturated carbocycles. The number of aromatic nitrogens is 1. The van der Waals surface area contributed by atoms with Crippen LogP contribution < -0.4 is 11.1 Å². The van der Waals surface area contributed by atoms with E-state index in [4.69, 9.17) is 45.3 Å². The monoisotopic (exact) mass is 432 g/mol. The quantitative estimate of drug-likeness (QED) is 0.318. The predicted molar refractivity (Wildman–Crippen MR) is 100 cm³/mol. The summed E-state index contributed by atoms with van der Waals surface area (Å²) in [6.45, 7) is 0.833. The van der Waals surface area contributed by atoms with Crippen LogP contribution in [0.15, 0.2) is 18.2 Å². The first-order valence-electron chi connectivity index (χ1n) is 7.14. The number of carbonyl (C=O) groups excluding carboxylic acids is 2. The number of para-hydroxylation sites is 1. The number of esters is 1. The molecule has 3 N–H and O–H groups in total. The molecule has 0 radical (unpaired) electrons. The molecule has 0 spiro atoms. The number of amides is 1. The van der Waals surface area contributed by atoms with Crippen molar-refractivity contribution in [3.8, 4) is 0 Å². The highest BCUT2D eigenvalue weighted by atomic mass is 35.5. The molecule has 0 atom stereocenters. The highest BCUT2D eigenvalue weighted by Gasteiger charge is 2.23. The number of aryl methyl sites for hydroxylation is 1. The third-order valence-corrected chi connectivity index (χ3v) is 4.45. The number of ether oxygens (including phenoxy) is 1. The zero-order chi connectivity index (χ0) is 20.3. The lowest BCUT2D eigenvalue weighted by Gasteiger charge is -2.10. The van der Waals surface area contributed by atoms with E-state index in [1.807, 2.05) is 0 Å². The zero-order valence-corrected chi connectivity index (χ0v) is 15.9. The van der Waals surface area contributed by atoms with E-state index >= 15 is 0 Å². The summed E-state index contributed by atoms with van der Waals surface area (Å²) in [6.07, 6.45) is 0. The van der Waals surface area contributed by atoms with Gasteiger partial charge in [0.2, 0.25) is 0 Å². The van der Waals surface area contributed by atoms with Crippen LogP contribution in [-0.2, 0) is 9.53 Å². The minimum atomic E-state index is -1.07. The Balaban J connectivity index is 2.11. The predicted octanol–water partition coefficient (Wildman–Crippen LogP) is 3.64. The fourth-order valence-corrected chi connectivity index (χ4v) is 2.59. The molecule has 1 heterocycles. The molecule has 0 aliphatic heterocycles. The SMILES string of the molecule is Cc1cccc([N+](=O)[O-])c1NC(=O)COC(=O)c1nc(Cl)c(Cl)c(N)c1Cl. The third kappa shape index (κ3) is 4.57. The summed E-state index contributed by atoms with van der Waals surface area (Å²) < 4.78 is 4.81. The summed E-state index contributed by atoms with van der Waals surface area (Å²) in [4.78, 5) is 38.2. The summed E-state index contributed by atoms with van der Waals surface area (Å²) in [7, 11) is 0. The van der Waals surface area contributed by atoms with Crippen molar-refractivity contribution in [2.45, 2.75) is 6.92 Å². The topological polar surface area (TPSA) is 137 Å². The van der Waals surface area contributed by atoms with Gasteiger partial charge in [0.05, 0.1) is 15.6 Å². The van der Waals surface area contributed by atoms with Crippen LogP contribution in [0.4, 0.5) is 17.1 Å². The van der Waals surface area contributed by atoms with Gasteiger partial charge < -0.3 is 15.8 Å². The largest absolute Gasteiger partial charge is 0.451 e. The lowest BCUT2D eigenvalue weighted by atomic mass is 10.1. The van der Waals surface area contributed by atoms with Crippen molar-refractivity contribution in [1.29, 1.82) is 0 Å². The van der Waals surface area contributed by atoms with Gasteiger partial charge in [0, 0.05) is 6.07 Å². The number of nitrogens with zero attached hydrogens (tertiary/aromatic N) is 2. The van der Waals surface area contributed by atoms with Crippen molar-refractivity contribution in [2.24, 2.45) is 0 Å². The molecule has 2 aromatic rings. The maximum Gasteiger partial charge on any atom is 0.359 e. The van der Waals surface area contributed by atoms with Crippen molar-refractivity contribution >= 4 is 63.7 Å². The molecule has 0 aliphatic rings. The van der Waals surface area contributed by atoms with E-state index in [2.05, 4.69) is 10.3 Å². The van der Waals surface area contributed by atoms with Crippen LogP contribution in [0, 0.1) is 17.0 Å². The van der Waals surface area contributed by atoms with Gasteiger partial charge in [-0.25, -0.2) is 9.78 Å². The van der Waals surface area contributed by atoms with Crippen molar-refractivity contribution in [3.63, 3.8) is 0 Å². The van der Waals surface area contributed by atoms with Gasteiger partial charge in [-0.15, -0.1) is 0 Å². The van der Waals surface area contributed by atoms with Gasteiger partial charge in [-0.2, -0.15) is 0 Å². The van der Waals surface area contributed by atoms with Crippen molar-refractivity contribution < 1.29 is 19.2 Å². The van der Waals surface area contributed by atoms with E-state index in [1.165, 1.54) is 12.1 Å². The van der Waals surface area contributed by atoms with Crippen LogP contribution in [0.2, 0.25) is 15.2 Å². The maximum absolute atomic E-state index is 12.1. The number of rotatable bonds is 5. The molecule has 1 aromatic carbocycles. The second-order valence-electron chi connectivity index (χ2n) is 5.14. The van der Waals surface area contributed by atoms with E-state index < -0.39 is 29.1 Å². The fourth-order valence-electron chi connectivity index (χ4n) is 2.01. The van der Waals surface area contributed by atoms with E-state index in [1.54, 1.807) is 13.0 Å². The first-order chi connectivity index (χ1) is 12.6. The molecule has 1 aromatic heterocycles. The number of carbonyl (C=O) groups is 2. The van der Waals surface area contributed by atoms with Gasteiger partial charge in [-0.3, -0.25) is 14.9 Å². The average Bonchev–Trinajstić information content (AvgIpc) is 2.62. The Hall–Kier alpha value is -2.62. The Kier molecular flexibility index (Phi) is 6.42. The number of hydrogen-bond acceptors (Lipinski definition) is 7. The first kappa shape index (κ1) is 20.7. The van der Waals surface area contributed by atoms with E-state index in [9.17, 15) is 19.7 Å². The van der Waals surface area contributed by atoms with Crippen LogP contribution in [0.1, 0.15) is 16.1 Å². The van der Waals surface area contributed by atoms with Crippen LogP contribution in [-0.4, -0.2) is 28.4 Å². The molecule has 9 nitrogen and oxygen atoms in total. The molecule has 142 valence electrons. The number of nitrogens with one attached hydrogen (secondary N) is 1. The molecule has 0 fully saturated rings. The smallest absolute Gasteiger partial charge is 0.359 e. The Morgan fingerprint density at radius 2 is 1.96 bits per heavy atom. The Labute approximate surface area is 167 Å². The van der Waals surface area contributed by atoms with E-state index in [0.29, 0.717) is 5.56 Å². The zero-order valence-electron chi connectivity index (χ0n) is 13.6. The number of hydrogen-bond donors (Lipinski definition) is 2. The summed E-state index contributed by atoms with van der Waals surface area (Å²) in [6, 6.07) is 4.29. The second-order valence-corrected chi connectivity index (χ2v) is 6.26. The number of pyridine rings is 1. The van der Waals surface area contributed by atoms with E-state index in [0.717, 1.165) is 0 Å². The molecule has 2 rings (SSSR count). The normalized spacial score (nSPS) is 10.4. The highest BCUT2D eigenvalue weighted by Crippen LogP contribution is 2.34. The standard InChI is InChI=1S/C15H11Cl3N4O5/c1-6-3-2-4-7(22(25)26)12(6)20-8(23)5-27-15(24)13-9(16)11(19)10(17)14(18)21-13/h2-4H,5H2,1H3,(H2,19,21)(H,20,23). The number of anilines is 2. The van der Waals surface area contributed by atoms with Crippen molar-refractivity contribution in [1.82, 2.24) is 4.98 Å². The number of nitrogens with two attached hydrogens (primary N) is 1. The minimum absolute atomic E-state index is 0.00140. The second kappa shape index (κ2) is 8.38. The molecule has 0 bridgehead atoms. The van der Waals surface area contributed by atoms with Gasteiger partial charge in [0.1, 0.15) is 10.7 Å². The molecule has 27 heavy (non-hydrogen) atoms. The number of nitro benzene ring substituents is 1. The number of nitro groups is 1. The third-order valence-electron chi connectivity index (χ3n) is 3.31. The minimum Gasteiger partial charge on any atom is -0.451 e. The Morgan fingerprint density at radius 3 is 2.59 bits per heavy atom. The van der Waals surface area contributed by atoms with E-state index in [-0.39, 0.29) is 32.3 Å². The molecule has 0 saturated heterocycles. The van der Waals surface area contributed by atoms with Gasteiger partial charge in [0.25, 0.3) is 11.6 Å². The highest BCUT2D eigenvalue weighted by molar-refractivity contribution is 6.46. The van der Waals surface area contributed by atoms with Gasteiger partial charge in [0.15, 0.2) is 17.5 Å². The lowest BCUT2D eigenvalue weighted by Crippen LogP contribution is -2.22. The van der Waals surface area contributed by atoms with Crippen LogP contribution in [0.5, 0.6) is 0 Å². The summed E-state index contributed by atoms with van der Waals surface area (Å²) in [5.74, 6) is -1.87. The first-order valence-corrected chi connectivity index (χ1v) is 8.27. The van der Waals surface area contributed by atoms with Gasteiger partial charge in [-0.1, -0.05) is 46.9 Å². The molecule has 1 amide bonds. The lowest BCUT2D eigenvalue weighted by molar-refractivity contribution is -0.384. The average molecular weight is 434 g/mol. The number of halogens is 3. The van der Waals surface area contributed by atoms with Crippen LogP contribution in [0.25, 0.3) is 0 Å². The van der Waals surface area contributed by atoms with Crippen LogP contribution >= 0.6 is 34.8 Å². The molecular weight excluding hydrogens is 423 g/mol. The van der Waals surface area contributed by atoms with Gasteiger partial charge in [-0.05, 0) is 12.5 Å². The van der Waals surface area contributed by atoms with Crippen molar-refractivity contribution in [2.75, 3.05) is 17.7 Å².